The first-order valence-corrected chi connectivity index (χ1v) is 4.45. The van der Waals surface area contributed by atoms with Gasteiger partial charge < -0.3 is 15.5 Å². The maximum atomic E-state index is 11.2. The zero-order valence-corrected chi connectivity index (χ0v) is 8.19. The van der Waals surface area contributed by atoms with Crippen LogP contribution in [0.15, 0.2) is 24.5 Å². The quantitative estimate of drug-likeness (QED) is 0.621. The van der Waals surface area contributed by atoms with Gasteiger partial charge in [-0.15, -0.1) is 0 Å². The van der Waals surface area contributed by atoms with E-state index in [4.69, 9.17) is 4.74 Å². The molecule has 1 aromatic heterocycles. The Labute approximate surface area is 83.0 Å². The fourth-order valence-corrected chi connectivity index (χ4v) is 0.958. The number of hydrogen-bond donors (Lipinski definition) is 2. The third-order valence-corrected chi connectivity index (χ3v) is 1.65. The highest BCUT2D eigenvalue weighted by Crippen LogP contribution is 1.83. The van der Waals surface area contributed by atoms with E-state index >= 15 is 0 Å². The number of nitrogens with one attached hydrogen (secondary N) is 2. The molecular weight excluding hydrogens is 182 g/mol. The molecule has 0 bridgehead atoms. The van der Waals surface area contributed by atoms with Crippen LogP contribution in [0, 0.1) is 0 Å². The topological polar surface area (TPSA) is 55.3 Å². The van der Waals surface area contributed by atoms with Gasteiger partial charge in [-0.1, -0.05) is 0 Å². The summed E-state index contributed by atoms with van der Waals surface area (Å²) in [6.45, 7) is 1.34. The Morgan fingerprint density at radius 1 is 1.43 bits per heavy atom. The van der Waals surface area contributed by atoms with Gasteiger partial charge in [0, 0.05) is 26.0 Å². The number of rotatable bonds is 6. The van der Waals surface area contributed by atoms with Crippen molar-refractivity contribution in [1.82, 2.24) is 9.99 Å². The Morgan fingerprint density at radius 3 is 2.79 bits per heavy atom. The third-order valence-electron chi connectivity index (χ3n) is 1.65. The van der Waals surface area contributed by atoms with E-state index in [0.717, 1.165) is 0 Å². The highest BCUT2D eigenvalue weighted by molar-refractivity contribution is 5.79. The molecule has 0 aliphatic carbocycles. The fraction of sp³-hybridized carbons (Fsp3) is 0.444. The minimum absolute atomic E-state index is 0.0456. The number of carbonyl (C=O) groups is 1. The summed E-state index contributed by atoms with van der Waals surface area (Å²) in [5.74, 6) is -0.0456. The highest BCUT2D eigenvalue weighted by atomic mass is 16.5. The molecule has 0 unspecified atom stereocenters. The second kappa shape index (κ2) is 6.04. The van der Waals surface area contributed by atoms with Crippen LogP contribution in [0.5, 0.6) is 0 Å². The van der Waals surface area contributed by atoms with Crippen molar-refractivity contribution in [2.75, 3.05) is 32.2 Å². The van der Waals surface area contributed by atoms with E-state index in [-0.39, 0.29) is 12.5 Å². The molecule has 0 fully saturated rings. The van der Waals surface area contributed by atoms with Crippen molar-refractivity contribution in [3.05, 3.63) is 24.5 Å². The Hall–Kier alpha value is -1.49. The summed E-state index contributed by atoms with van der Waals surface area (Å²) in [7, 11) is 1.60. The normalized spacial score (nSPS) is 9.79. The number of aromatic nitrogens is 1. The zero-order chi connectivity index (χ0) is 10.2. The van der Waals surface area contributed by atoms with Crippen molar-refractivity contribution in [3.8, 4) is 0 Å². The Bertz CT molecular complexity index is 259. The van der Waals surface area contributed by atoms with Crippen molar-refractivity contribution in [3.63, 3.8) is 0 Å². The summed E-state index contributed by atoms with van der Waals surface area (Å²) in [5, 5.41) is 2.71. The number of nitrogens with zero attached hydrogens (tertiary/aromatic N) is 1. The lowest BCUT2D eigenvalue weighted by atomic mass is 10.5. The van der Waals surface area contributed by atoms with Gasteiger partial charge in [0.1, 0.15) is 6.54 Å². The average molecular weight is 197 g/mol. The molecule has 0 radical (unpaired) electrons. The molecular formula is C9H15N3O2. The second-order valence-electron chi connectivity index (χ2n) is 2.77. The first-order chi connectivity index (χ1) is 6.83. The molecule has 0 spiro atoms. The molecule has 1 aromatic rings. The number of ether oxygens (including phenoxy) is 1. The van der Waals surface area contributed by atoms with Crippen LogP contribution in [0.4, 0.5) is 0 Å². The van der Waals surface area contributed by atoms with Gasteiger partial charge in [0.15, 0.2) is 0 Å². The summed E-state index contributed by atoms with van der Waals surface area (Å²) in [5.41, 5.74) is 2.92. The Morgan fingerprint density at radius 2 is 2.14 bits per heavy atom. The van der Waals surface area contributed by atoms with Gasteiger partial charge in [-0.2, -0.15) is 0 Å². The first kappa shape index (κ1) is 10.6. The standard InChI is InChI=1S/C9H15N3O2/c1-14-7-4-10-9(13)8-11-12-5-2-3-6-12/h2-3,5-6,11H,4,7-8H2,1H3,(H,10,13). The molecule has 78 valence electrons. The smallest absolute Gasteiger partial charge is 0.241 e. The molecule has 0 atom stereocenters. The van der Waals surface area contributed by atoms with E-state index in [1.165, 1.54) is 0 Å². The lowest BCUT2D eigenvalue weighted by molar-refractivity contribution is -0.119. The fourth-order valence-electron chi connectivity index (χ4n) is 0.958. The van der Waals surface area contributed by atoms with Crippen LogP contribution in [0.25, 0.3) is 0 Å². The van der Waals surface area contributed by atoms with Gasteiger partial charge in [0.05, 0.1) is 6.61 Å². The van der Waals surface area contributed by atoms with Gasteiger partial charge in [0.25, 0.3) is 0 Å². The summed E-state index contributed by atoms with van der Waals surface area (Å²) < 4.78 is 6.53. The van der Waals surface area contributed by atoms with Gasteiger partial charge in [-0.25, -0.2) is 0 Å². The van der Waals surface area contributed by atoms with Crippen LogP contribution >= 0.6 is 0 Å². The molecule has 5 nitrogen and oxygen atoms in total. The molecule has 0 saturated carbocycles. The number of carbonyl (C=O) groups excluding carboxylic acids is 1. The largest absolute Gasteiger partial charge is 0.383 e. The minimum Gasteiger partial charge on any atom is -0.383 e. The maximum absolute atomic E-state index is 11.2. The molecule has 14 heavy (non-hydrogen) atoms. The van der Waals surface area contributed by atoms with E-state index in [9.17, 15) is 4.79 Å². The third kappa shape index (κ3) is 3.95. The van der Waals surface area contributed by atoms with Crippen LogP contribution in [0.3, 0.4) is 0 Å². The van der Waals surface area contributed by atoms with Crippen LogP contribution < -0.4 is 10.7 Å². The second-order valence-corrected chi connectivity index (χ2v) is 2.77. The molecule has 5 heteroatoms. The van der Waals surface area contributed by atoms with Crippen molar-refractivity contribution < 1.29 is 9.53 Å². The minimum atomic E-state index is -0.0456. The van der Waals surface area contributed by atoms with Crippen molar-refractivity contribution in [2.24, 2.45) is 0 Å². The van der Waals surface area contributed by atoms with Crippen molar-refractivity contribution in [2.45, 2.75) is 0 Å². The van der Waals surface area contributed by atoms with Crippen molar-refractivity contribution >= 4 is 5.91 Å². The van der Waals surface area contributed by atoms with E-state index in [1.54, 1.807) is 11.8 Å². The predicted molar refractivity (Wildman–Crippen MR) is 53.5 cm³/mol. The summed E-state index contributed by atoms with van der Waals surface area (Å²) in [4.78, 5) is 11.2. The Balaban J connectivity index is 2.09. The van der Waals surface area contributed by atoms with Gasteiger partial charge in [0.2, 0.25) is 5.91 Å². The molecule has 1 heterocycles. The maximum Gasteiger partial charge on any atom is 0.241 e. The molecule has 0 aromatic carbocycles. The molecule has 0 aliphatic heterocycles. The molecule has 0 saturated heterocycles. The van der Waals surface area contributed by atoms with Gasteiger partial charge in [-0.05, 0) is 12.1 Å². The summed E-state index contributed by atoms with van der Waals surface area (Å²) in [6.07, 6.45) is 3.67. The first-order valence-electron chi connectivity index (χ1n) is 4.45. The van der Waals surface area contributed by atoms with E-state index < -0.39 is 0 Å². The molecule has 0 aliphatic rings. The molecule has 2 N–H and O–H groups in total. The molecule has 1 amide bonds. The lowest BCUT2D eigenvalue weighted by Gasteiger charge is -2.07. The SMILES string of the molecule is COCCNC(=O)CNn1cccc1. The van der Waals surface area contributed by atoms with E-state index in [1.807, 2.05) is 24.5 Å². The van der Waals surface area contributed by atoms with Crippen LogP contribution in [-0.4, -0.2) is 37.4 Å². The summed E-state index contributed by atoms with van der Waals surface area (Å²) in [6, 6.07) is 3.77. The highest BCUT2D eigenvalue weighted by Gasteiger charge is 1.98. The van der Waals surface area contributed by atoms with Crippen LogP contribution in [-0.2, 0) is 9.53 Å². The van der Waals surface area contributed by atoms with Crippen molar-refractivity contribution in [1.29, 1.82) is 0 Å². The lowest BCUT2D eigenvalue weighted by Crippen LogP contribution is -2.34. The zero-order valence-electron chi connectivity index (χ0n) is 8.19. The number of methoxy groups -OCH3 is 1. The van der Waals surface area contributed by atoms with Gasteiger partial charge in [-0.3, -0.25) is 9.47 Å². The number of hydrogen-bond acceptors (Lipinski definition) is 3. The monoisotopic (exact) mass is 197 g/mol. The van der Waals surface area contributed by atoms with Crippen LogP contribution in [0.2, 0.25) is 0 Å². The summed E-state index contributed by atoms with van der Waals surface area (Å²) >= 11 is 0. The average Bonchev–Trinajstić information content (AvgIpc) is 2.68. The predicted octanol–water partition coefficient (Wildman–Crippen LogP) is -0.206. The number of amides is 1. The molecule has 1 rings (SSSR count). The van der Waals surface area contributed by atoms with E-state index in [2.05, 4.69) is 10.7 Å². The van der Waals surface area contributed by atoms with Crippen LogP contribution in [0.1, 0.15) is 0 Å². The Kier molecular flexibility index (Phi) is 4.57. The van der Waals surface area contributed by atoms with Gasteiger partial charge >= 0.3 is 0 Å². The van der Waals surface area contributed by atoms with E-state index in [0.29, 0.717) is 13.2 Å².